The maximum Gasteiger partial charge on any atom is 0.138 e. The Hall–Kier alpha value is -3.50. The lowest BCUT2D eigenvalue weighted by molar-refractivity contribution is 0.414. The number of aromatic nitrogens is 1. The summed E-state index contributed by atoms with van der Waals surface area (Å²) in [5, 5.41) is 19.7. The van der Waals surface area contributed by atoms with E-state index in [1.54, 1.807) is 7.11 Å². The third-order valence-electron chi connectivity index (χ3n) is 3.69. The fraction of sp³-hybridized carbons (Fsp3) is 0.0526. The van der Waals surface area contributed by atoms with Crippen molar-refractivity contribution in [3.8, 4) is 17.9 Å². The number of nitriles is 2. The lowest BCUT2D eigenvalue weighted by Crippen LogP contribution is -1.93. The highest BCUT2D eigenvalue weighted by atomic mass is 16.5. The number of H-pyrrole nitrogens is 1. The van der Waals surface area contributed by atoms with E-state index in [1.807, 2.05) is 66.9 Å². The van der Waals surface area contributed by atoms with E-state index in [-0.39, 0.29) is 5.57 Å². The molecule has 4 nitrogen and oxygen atoms in total. The van der Waals surface area contributed by atoms with Crippen molar-refractivity contribution in [3.05, 3.63) is 71.4 Å². The molecule has 0 unspecified atom stereocenters. The molecule has 0 fully saturated rings. The molecule has 0 spiro atoms. The summed E-state index contributed by atoms with van der Waals surface area (Å²) < 4.78 is 5.26. The molecule has 0 saturated carbocycles. The topological polar surface area (TPSA) is 72.6 Å². The van der Waals surface area contributed by atoms with E-state index >= 15 is 0 Å². The molecule has 0 radical (unpaired) electrons. The van der Waals surface area contributed by atoms with Crippen molar-refractivity contribution in [3.63, 3.8) is 0 Å². The molecule has 0 aliphatic heterocycles. The normalized spacial score (nSPS) is 9.87. The molecule has 23 heavy (non-hydrogen) atoms. The molecular formula is C19H13N3O. The molecule has 1 heterocycles. The van der Waals surface area contributed by atoms with Gasteiger partial charge in [-0.15, -0.1) is 0 Å². The van der Waals surface area contributed by atoms with Gasteiger partial charge in [0.1, 0.15) is 23.5 Å². The summed E-state index contributed by atoms with van der Waals surface area (Å²) in [6.45, 7) is 0. The first-order valence-corrected chi connectivity index (χ1v) is 7.04. The van der Waals surface area contributed by atoms with Crippen molar-refractivity contribution in [1.29, 1.82) is 10.5 Å². The van der Waals surface area contributed by atoms with Gasteiger partial charge in [0.05, 0.1) is 7.11 Å². The summed E-state index contributed by atoms with van der Waals surface area (Å²) in [7, 11) is 1.59. The van der Waals surface area contributed by atoms with Crippen molar-refractivity contribution < 1.29 is 4.74 Å². The fourth-order valence-electron chi connectivity index (χ4n) is 2.63. The first-order chi connectivity index (χ1) is 11.3. The molecule has 0 aliphatic carbocycles. The van der Waals surface area contributed by atoms with Crippen LogP contribution in [0, 0.1) is 22.7 Å². The Bertz CT molecular complexity index is 968. The summed E-state index contributed by atoms with van der Waals surface area (Å²) >= 11 is 0. The van der Waals surface area contributed by atoms with Crippen LogP contribution in [0.3, 0.4) is 0 Å². The van der Waals surface area contributed by atoms with E-state index in [1.165, 1.54) is 0 Å². The molecule has 1 aromatic heterocycles. The van der Waals surface area contributed by atoms with Gasteiger partial charge in [0.15, 0.2) is 0 Å². The van der Waals surface area contributed by atoms with Crippen molar-refractivity contribution in [1.82, 2.24) is 4.98 Å². The third-order valence-corrected chi connectivity index (χ3v) is 3.69. The van der Waals surface area contributed by atoms with E-state index in [0.717, 1.165) is 22.0 Å². The number of rotatable bonds is 3. The minimum atomic E-state index is 0.0722. The molecule has 3 rings (SSSR count). The van der Waals surface area contributed by atoms with Crippen molar-refractivity contribution in [2.75, 3.05) is 7.11 Å². The third kappa shape index (κ3) is 2.54. The second-order valence-corrected chi connectivity index (χ2v) is 4.95. The van der Waals surface area contributed by atoms with Crippen LogP contribution >= 0.6 is 0 Å². The molecule has 2 aromatic carbocycles. The summed E-state index contributed by atoms with van der Waals surface area (Å²) in [5.74, 6) is 0.676. The number of fused-ring (bicyclic) bond motifs is 1. The number of hydrogen-bond acceptors (Lipinski definition) is 3. The van der Waals surface area contributed by atoms with E-state index in [9.17, 15) is 10.5 Å². The van der Waals surface area contributed by atoms with Crippen molar-refractivity contribution >= 4 is 16.5 Å². The SMILES string of the molecule is COc1cccc(C(=C(C#N)C#N)c2c[nH]c3ccccc23)c1. The lowest BCUT2D eigenvalue weighted by atomic mass is 9.93. The fourth-order valence-corrected chi connectivity index (χ4v) is 2.63. The van der Waals surface area contributed by atoms with Gasteiger partial charge in [-0.25, -0.2) is 0 Å². The highest BCUT2D eigenvalue weighted by Crippen LogP contribution is 2.33. The average Bonchev–Trinajstić information content (AvgIpc) is 3.03. The van der Waals surface area contributed by atoms with Gasteiger partial charge < -0.3 is 9.72 Å². The zero-order chi connectivity index (χ0) is 16.2. The Labute approximate surface area is 133 Å². The smallest absolute Gasteiger partial charge is 0.138 e. The Kier molecular flexibility index (Phi) is 3.82. The van der Waals surface area contributed by atoms with Gasteiger partial charge in [0.25, 0.3) is 0 Å². The summed E-state index contributed by atoms with van der Waals surface area (Å²) in [4.78, 5) is 3.19. The second kappa shape index (κ2) is 6.09. The van der Waals surface area contributed by atoms with Gasteiger partial charge in [0.2, 0.25) is 0 Å². The first-order valence-electron chi connectivity index (χ1n) is 7.04. The molecule has 110 valence electrons. The number of nitrogens with one attached hydrogen (secondary N) is 1. The van der Waals surface area contributed by atoms with E-state index in [2.05, 4.69) is 4.98 Å². The molecule has 0 atom stereocenters. The maximum absolute atomic E-state index is 9.38. The van der Waals surface area contributed by atoms with Crippen LogP contribution in [0.5, 0.6) is 5.75 Å². The summed E-state index contributed by atoms with van der Waals surface area (Å²) in [6.07, 6.45) is 1.83. The first kappa shape index (κ1) is 14.4. The lowest BCUT2D eigenvalue weighted by Gasteiger charge is -2.09. The number of nitrogens with zero attached hydrogens (tertiary/aromatic N) is 2. The average molecular weight is 299 g/mol. The summed E-state index contributed by atoms with van der Waals surface area (Å²) in [6, 6.07) is 19.2. The van der Waals surface area contributed by atoms with Crippen LogP contribution in [0.4, 0.5) is 0 Å². The van der Waals surface area contributed by atoms with Gasteiger partial charge in [-0.2, -0.15) is 10.5 Å². The Morgan fingerprint density at radius 2 is 1.83 bits per heavy atom. The molecule has 0 aliphatic rings. The predicted molar refractivity (Wildman–Crippen MR) is 88.5 cm³/mol. The standard InChI is InChI=1S/C19H13N3O/c1-23-15-6-4-5-13(9-15)19(14(10-20)11-21)17-12-22-18-8-3-2-7-16(17)18/h2-9,12,22H,1H3. The molecule has 4 heteroatoms. The van der Waals surface area contributed by atoms with Gasteiger partial charge in [-0.1, -0.05) is 30.3 Å². The van der Waals surface area contributed by atoms with Crippen LogP contribution in [0.1, 0.15) is 11.1 Å². The largest absolute Gasteiger partial charge is 0.497 e. The summed E-state index contributed by atoms with van der Waals surface area (Å²) in [5.41, 5.74) is 3.23. The van der Waals surface area contributed by atoms with E-state index in [0.29, 0.717) is 11.3 Å². The van der Waals surface area contributed by atoms with E-state index in [4.69, 9.17) is 4.74 Å². The number of hydrogen-bond donors (Lipinski definition) is 1. The van der Waals surface area contributed by atoms with Crippen LogP contribution in [0.25, 0.3) is 16.5 Å². The number of methoxy groups -OCH3 is 1. The van der Waals surface area contributed by atoms with Crippen LogP contribution in [0.15, 0.2) is 60.3 Å². The van der Waals surface area contributed by atoms with Crippen LogP contribution < -0.4 is 4.74 Å². The van der Waals surface area contributed by atoms with Gasteiger partial charge in [-0.3, -0.25) is 0 Å². The Balaban J connectivity index is 2.33. The number of ether oxygens (including phenoxy) is 1. The maximum atomic E-state index is 9.38. The molecule has 0 bridgehead atoms. The van der Waals surface area contributed by atoms with E-state index < -0.39 is 0 Å². The second-order valence-electron chi connectivity index (χ2n) is 4.95. The molecule has 1 N–H and O–H groups in total. The number of para-hydroxylation sites is 1. The highest BCUT2D eigenvalue weighted by molar-refractivity contribution is 5.99. The molecule has 0 saturated heterocycles. The quantitative estimate of drug-likeness (QED) is 0.742. The van der Waals surface area contributed by atoms with Crippen molar-refractivity contribution in [2.45, 2.75) is 0 Å². The van der Waals surface area contributed by atoms with Crippen LogP contribution in [-0.2, 0) is 0 Å². The highest BCUT2D eigenvalue weighted by Gasteiger charge is 2.16. The number of benzene rings is 2. The minimum absolute atomic E-state index is 0.0722. The Morgan fingerprint density at radius 3 is 2.57 bits per heavy atom. The molecule has 3 aromatic rings. The zero-order valence-electron chi connectivity index (χ0n) is 12.5. The Morgan fingerprint density at radius 1 is 1.04 bits per heavy atom. The minimum Gasteiger partial charge on any atom is -0.497 e. The van der Waals surface area contributed by atoms with Crippen LogP contribution in [0.2, 0.25) is 0 Å². The molecular weight excluding hydrogens is 286 g/mol. The zero-order valence-corrected chi connectivity index (χ0v) is 12.5. The van der Waals surface area contributed by atoms with Crippen LogP contribution in [-0.4, -0.2) is 12.1 Å². The molecule has 0 amide bonds. The monoisotopic (exact) mass is 299 g/mol. The van der Waals surface area contributed by atoms with Gasteiger partial charge >= 0.3 is 0 Å². The van der Waals surface area contributed by atoms with Gasteiger partial charge in [-0.05, 0) is 23.8 Å². The van der Waals surface area contributed by atoms with Gasteiger partial charge in [0, 0.05) is 28.2 Å². The number of aromatic amines is 1. The number of allylic oxidation sites excluding steroid dienone is 1. The predicted octanol–water partition coefficient (Wildman–Crippen LogP) is 4.03. The van der Waals surface area contributed by atoms with Crippen molar-refractivity contribution in [2.24, 2.45) is 0 Å².